The number of carbonyl (C=O) groups excluding carboxylic acids is 3. The zero-order chi connectivity index (χ0) is 23.0. The van der Waals surface area contributed by atoms with Gasteiger partial charge in [0.1, 0.15) is 5.69 Å². The highest BCUT2D eigenvalue weighted by molar-refractivity contribution is 6.14. The fourth-order valence-electron chi connectivity index (χ4n) is 4.49. The lowest BCUT2D eigenvalue weighted by Gasteiger charge is -2.26. The number of carbonyl (C=O) groups is 3. The van der Waals surface area contributed by atoms with Gasteiger partial charge in [0.25, 0.3) is 6.01 Å². The molecule has 4 rings (SSSR count). The fourth-order valence-corrected chi connectivity index (χ4v) is 4.49. The van der Waals surface area contributed by atoms with E-state index >= 15 is 0 Å². The molecule has 0 saturated carbocycles. The van der Waals surface area contributed by atoms with Crippen LogP contribution in [0.5, 0.6) is 0 Å². The van der Waals surface area contributed by atoms with E-state index in [4.69, 9.17) is 19.6 Å². The summed E-state index contributed by atoms with van der Waals surface area (Å²) < 4.78 is 16.1. The summed E-state index contributed by atoms with van der Waals surface area (Å²) in [4.78, 5) is 45.5. The van der Waals surface area contributed by atoms with Crippen LogP contribution in [0, 0.1) is 0 Å². The number of oxazole rings is 1. The van der Waals surface area contributed by atoms with Gasteiger partial charge in [-0.05, 0) is 19.4 Å². The van der Waals surface area contributed by atoms with Crippen molar-refractivity contribution in [3.63, 3.8) is 0 Å². The number of rotatable bonds is 7. The van der Waals surface area contributed by atoms with E-state index in [1.807, 2.05) is 0 Å². The van der Waals surface area contributed by atoms with Gasteiger partial charge in [0.05, 0.1) is 25.2 Å². The topological polar surface area (TPSA) is 125 Å². The molecular weight excluding hydrogens is 414 g/mol. The quantitative estimate of drug-likeness (QED) is 0.517. The Morgan fingerprint density at radius 1 is 1.25 bits per heavy atom. The molecule has 1 atom stereocenters. The number of anilines is 1. The van der Waals surface area contributed by atoms with Gasteiger partial charge < -0.3 is 24.5 Å². The van der Waals surface area contributed by atoms with Crippen molar-refractivity contribution in [3.05, 3.63) is 59.4 Å². The zero-order valence-electron chi connectivity index (χ0n) is 17.8. The normalized spacial score (nSPS) is 18.7. The maximum absolute atomic E-state index is 14.1. The average molecular weight is 437 g/mol. The Balaban J connectivity index is 2.07. The smallest absolute Gasteiger partial charge is 0.337 e. The van der Waals surface area contributed by atoms with Gasteiger partial charge in [-0.15, -0.1) is 6.58 Å². The molecule has 1 aromatic heterocycles. The molecule has 0 bridgehead atoms. The molecule has 1 spiro atoms. The molecule has 2 heterocycles. The van der Waals surface area contributed by atoms with E-state index < -0.39 is 23.3 Å². The highest BCUT2D eigenvalue weighted by Crippen LogP contribution is 2.58. The number of fused-ring (bicyclic) bond motifs is 5. The largest absolute Gasteiger partial charge is 0.466 e. The van der Waals surface area contributed by atoms with Crippen molar-refractivity contribution < 1.29 is 28.3 Å². The Kier molecular flexibility index (Phi) is 5.33. The van der Waals surface area contributed by atoms with E-state index in [1.54, 1.807) is 38.1 Å². The minimum absolute atomic E-state index is 0.0127. The van der Waals surface area contributed by atoms with Crippen LogP contribution in [0.1, 0.15) is 31.5 Å². The maximum atomic E-state index is 14.1. The average Bonchev–Trinajstić information content (AvgIpc) is 3.34. The van der Waals surface area contributed by atoms with Crippen molar-refractivity contribution in [2.24, 2.45) is 0 Å². The lowest BCUT2D eigenvalue weighted by atomic mass is 9.74. The van der Waals surface area contributed by atoms with E-state index in [9.17, 15) is 14.4 Å². The molecule has 0 saturated heterocycles. The van der Waals surface area contributed by atoms with Gasteiger partial charge in [-0.2, -0.15) is 4.98 Å². The van der Waals surface area contributed by atoms with Gasteiger partial charge in [0, 0.05) is 17.8 Å². The van der Waals surface area contributed by atoms with E-state index in [1.165, 1.54) is 11.0 Å². The van der Waals surface area contributed by atoms with Gasteiger partial charge in [-0.3, -0.25) is 9.59 Å². The first-order chi connectivity index (χ1) is 15.4. The molecule has 32 heavy (non-hydrogen) atoms. The van der Waals surface area contributed by atoms with E-state index in [0.717, 1.165) is 0 Å². The second-order valence-electron chi connectivity index (χ2n) is 7.25. The minimum atomic E-state index is -1.65. The van der Waals surface area contributed by atoms with Crippen LogP contribution in [0.25, 0.3) is 11.3 Å². The van der Waals surface area contributed by atoms with E-state index in [-0.39, 0.29) is 49.2 Å². The van der Waals surface area contributed by atoms with Gasteiger partial charge in [-0.1, -0.05) is 30.3 Å². The van der Waals surface area contributed by atoms with Crippen LogP contribution < -0.4 is 5.73 Å². The lowest BCUT2D eigenvalue weighted by Crippen LogP contribution is -2.42. The van der Waals surface area contributed by atoms with Crippen molar-refractivity contribution in [1.29, 1.82) is 0 Å². The first-order valence-electron chi connectivity index (χ1n) is 10.3. The van der Waals surface area contributed by atoms with Crippen LogP contribution >= 0.6 is 0 Å². The van der Waals surface area contributed by atoms with Crippen molar-refractivity contribution in [1.82, 2.24) is 9.88 Å². The number of hydrogen-bond acceptors (Lipinski definition) is 8. The molecule has 166 valence electrons. The van der Waals surface area contributed by atoms with Crippen LogP contribution in [0.4, 0.5) is 6.01 Å². The molecular formula is C23H23N3O6. The van der Waals surface area contributed by atoms with Crippen LogP contribution in [0.15, 0.2) is 52.6 Å². The van der Waals surface area contributed by atoms with Crippen molar-refractivity contribution >= 4 is 23.9 Å². The molecule has 2 aliphatic rings. The third-order valence-electron chi connectivity index (χ3n) is 5.54. The van der Waals surface area contributed by atoms with Gasteiger partial charge in [0.15, 0.2) is 11.2 Å². The molecule has 9 nitrogen and oxygen atoms in total. The molecule has 0 radical (unpaired) electrons. The van der Waals surface area contributed by atoms with E-state index in [2.05, 4.69) is 11.6 Å². The number of nitrogen functional groups attached to an aromatic ring is 1. The van der Waals surface area contributed by atoms with Gasteiger partial charge in [-0.25, -0.2) is 4.79 Å². The molecule has 2 aromatic rings. The molecule has 1 amide bonds. The molecule has 2 N–H and O–H groups in total. The summed E-state index contributed by atoms with van der Waals surface area (Å²) >= 11 is 0. The zero-order valence-corrected chi connectivity index (χ0v) is 17.8. The molecule has 0 fully saturated rings. The number of amides is 1. The van der Waals surface area contributed by atoms with Crippen molar-refractivity contribution in [3.8, 4) is 11.3 Å². The summed E-state index contributed by atoms with van der Waals surface area (Å²) in [5.41, 5.74) is 5.72. The number of esters is 2. The lowest BCUT2D eigenvalue weighted by molar-refractivity contribution is -0.142. The number of benzene rings is 1. The van der Waals surface area contributed by atoms with Crippen molar-refractivity contribution in [2.45, 2.75) is 25.7 Å². The Bertz CT molecular complexity index is 1160. The van der Waals surface area contributed by atoms with Crippen molar-refractivity contribution in [2.75, 3.05) is 25.5 Å². The summed E-state index contributed by atoms with van der Waals surface area (Å²) in [5, 5.41) is 0. The molecule has 9 heteroatoms. The van der Waals surface area contributed by atoms with Gasteiger partial charge >= 0.3 is 11.9 Å². The molecule has 0 unspecified atom stereocenters. The van der Waals surface area contributed by atoms with Gasteiger partial charge in [0.2, 0.25) is 5.91 Å². The molecule has 1 aliphatic heterocycles. The first kappa shape index (κ1) is 21.4. The summed E-state index contributed by atoms with van der Waals surface area (Å²) in [5.74, 6) is -1.45. The third-order valence-corrected chi connectivity index (χ3v) is 5.54. The standard InChI is InChI=1S/C23H23N3O6/c1-4-11-26-15(12-16(27)30-5-2)17(20(28)31-6-3)23(21(26)29)14-10-8-7-9-13(14)18-19(23)25-22(24)32-18/h4,7-10H,1,5-6,11-12H2,2-3H3,(H2,24,25)/t23-/m1/s1. The Morgan fingerprint density at radius 2 is 1.97 bits per heavy atom. The summed E-state index contributed by atoms with van der Waals surface area (Å²) in [6.07, 6.45) is 1.22. The van der Waals surface area contributed by atoms with Crippen LogP contribution in [-0.4, -0.2) is 47.5 Å². The highest BCUT2D eigenvalue weighted by atomic mass is 16.5. The van der Waals surface area contributed by atoms with Crippen LogP contribution in [0.3, 0.4) is 0 Å². The number of ether oxygens (including phenoxy) is 2. The first-order valence-corrected chi connectivity index (χ1v) is 10.3. The highest BCUT2D eigenvalue weighted by Gasteiger charge is 2.64. The van der Waals surface area contributed by atoms with Crippen LogP contribution in [0.2, 0.25) is 0 Å². The minimum Gasteiger partial charge on any atom is -0.466 e. The number of hydrogen-bond donors (Lipinski definition) is 1. The summed E-state index contributed by atoms with van der Waals surface area (Å²) in [6, 6.07) is 6.92. The third kappa shape index (κ3) is 2.84. The SMILES string of the molecule is C=CCN1C(=O)[C@@]2(C(C(=O)OCC)=C1CC(=O)OCC)c1ccccc1-c1oc(N)nc12. The number of nitrogens with two attached hydrogens (primary N) is 1. The summed E-state index contributed by atoms with van der Waals surface area (Å²) in [7, 11) is 0. The Morgan fingerprint density at radius 3 is 2.66 bits per heavy atom. The second kappa shape index (κ2) is 7.99. The monoisotopic (exact) mass is 437 g/mol. The maximum Gasteiger partial charge on any atom is 0.337 e. The predicted octanol–water partition coefficient (Wildman–Crippen LogP) is 2.32. The Labute approximate surface area is 184 Å². The number of nitrogens with zero attached hydrogens (tertiary/aromatic N) is 2. The fraction of sp³-hybridized carbons (Fsp3) is 0.304. The predicted molar refractivity (Wildman–Crippen MR) is 114 cm³/mol. The van der Waals surface area contributed by atoms with E-state index in [0.29, 0.717) is 16.9 Å². The summed E-state index contributed by atoms with van der Waals surface area (Å²) in [6.45, 7) is 7.38. The number of aromatic nitrogens is 1. The second-order valence-corrected chi connectivity index (χ2v) is 7.25. The Hall–Kier alpha value is -3.88. The molecule has 1 aromatic carbocycles. The van der Waals surface area contributed by atoms with Crippen LogP contribution in [-0.2, 0) is 29.3 Å². The molecule has 1 aliphatic carbocycles.